The standard InChI is InChI=1S/C16H23NO5/c1-4-5-6-9-22-14-10-12(21-3)7-8-13(14)15(18)17-11(2)16(19)20/h7-8,10-11H,4-6,9H2,1-3H3,(H,17,18)(H,19,20). The van der Waals surface area contributed by atoms with E-state index in [1.165, 1.54) is 14.0 Å². The minimum Gasteiger partial charge on any atom is -0.497 e. The quantitative estimate of drug-likeness (QED) is 0.684. The minimum absolute atomic E-state index is 0.297. The van der Waals surface area contributed by atoms with Crippen molar-refractivity contribution in [1.29, 1.82) is 0 Å². The van der Waals surface area contributed by atoms with Gasteiger partial charge in [-0.15, -0.1) is 0 Å². The van der Waals surface area contributed by atoms with Crippen LogP contribution in [0.3, 0.4) is 0 Å². The monoisotopic (exact) mass is 309 g/mol. The molecule has 0 fully saturated rings. The number of aliphatic carboxylic acids is 1. The van der Waals surface area contributed by atoms with Gasteiger partial charge in [0.25, 0.3) is 5.91 Å². The third-order valence-electron chi connectivity index (χ3n) is 3.16. The number of carbonyl (C=O) groups is 2. The van der Waals surface area contributed by atoms with Gasteiger partial charge in [-0.3, -0.25) is 9.59 Å². The highest BCUT2D eigenvalue weighted by atomic mass is 16.5. The van der Waals surface area contributed by atoms with Gasteiger partial charge in [0.05, 0.1) is 19.3 Å². The first kappa shape index (κ1) is 17.8. The van der Waals surface area contributed by atoms with Crippen molar-refractivity contribution in [2.45, 2.75) is 39.2 Å². The highest BCUT2D eigenvalue weighted by Crippen LogP contribution is 2.25. The Morgan fingerprint density at radius 1 is 1.32 bits per heavy atom. The van der Waals surface area contributed by atoms with Crippen LogP contribution in [0.25, 0.3) is 0 Å². The van der Waals surface area contributed by atoms with Gasteiger partial charge in [-0.1, -0.05) is 19.8 Å². The topological polar surface area (TPSA) is 84.9 Å². The fourth-order valence-corrected chi connectivity index (χ4v) is 1.81. The molecular weight excluding hydrogens is 286 g/mol. The van der Waals surface area contributed by atoms with E-state index in [1.54, 1.807) is 18.2 Å². The Kier molecular flexibility index (Phi) is 7.22. The Balaban J connectivity index is 2.86. The van der Waals surface area contributed by atoms with Crippen LogP contribution in [0.15, 0.2) is 18.2 Å². The second kappa shape index (κ2) is 8.92. The van der Waals surface area contributed by atoms with E-state index < -0.39 is 17.9 Å². The molecule has 122 valence electrons. The van der Waals surface area contributed by atoms with Crippen LogP contribution in [-0.4, -0.2) is 36.7 Å². The molecule has 0 aliphatic carbocycles. The van der Waals surface area contributed by atoms with E-state index in [-0.39, 0.29) is 0 Å². The number of carbonyl (C=O) groups excluding carboxylic acids is 1. The number of methoxy groups -OCH3 is 1. The molecule has 22 heavy (non-hydrogen) atoms. The first-order chi connectivity index (χ1) is 10.5. The second-order valence-corrected chi connectivity index (χ2v) is 4.95. The van der Waals surface area contributed by atoms with E-state index in [0.29, 0.717) is 23.7 Å². The molecule has 6 heteroatoms. The van der Waals surface area contributed by atoms with E-state index in [4.69, 9.17) is 14.6 Å². The summed E-state index contributed by atoms with van der Waals surface area (Å²) in [7, 11) is 1.53. The maximum Gasteiger partial charge on any atom is 0.325 e. The van der Waals surface area contributed by atoms with Crippen LogP contribution < -0.4 is 14.8 Å². The Hall–Kier alpha value is -2.24. The van der Waals surface area contributed by atoms with Crippen LogP contribution in [0.5, 0.6) is 11.5 Å². The number of hydrogen-bond acceptors (Lipinski definition) is 4. The Labute approximate surface area is 130 Å². The SMILES string of the molecule is CCCCCOc1cc(OC)ccc1C(=O)NC(C)C(=O)O. The number of unbranched alkanes of at least 4 members (excludes halogenated alkanes) is 2. The summed E-state index contributed by atoms with van der Waals surface area (Å²) in [6, 6.07) is 3.87. The molecule has 1 atom stereocenters. The molecule has 0 heterocycles. The van der Waals surface area contributed by atoms with Gasteiger partial charge in [0.2, 0.25) is 0 Å². The van der Waals surface area contributed by atoms with Crippen LogP contribution in [0.1, 0.15) is 43.5 Å². The zero-order valence-electron chi connectivity index (χ0n) is 13.2. The summed E-state index contributed by atoms with van der Waals surface area (Å²) < 4.78 is 10.8. The molecule has 0 saturated heterocycles. The van der Waals surface area contributed by atoms with Crippen molar-refractivity contribution < 1.29 is 24.2 Å². The van der Waals surface area contributed by atoms with Gasteiger partial charge in [0, 0.05) is 6.07 Å². The van der Waals surface area contributed by atoms with Crippen LogP contribution in [0, 0.1) is 0 Å². The summed E-state index contributed by atoms with van der Waals surface area (Å²) in [6.07, 6.45) is 3.01. The molecule has 0 aliphatic heterocycles. The number of hydrogen-bond donors (Lipinski definition) is 2. The van der Waals surface area contributed by atoms with Gasteiger partial charge in [-0.2, -0.15) is 0 Å². The first-order valence-electron chi connectivity index (χ1n) is 7.34. The zero-order chi connectivity index (χ0) is 16.5. The smallest absolute Gasteiger partial charge is 0.325 e. The number of amides is 1. The van der Waals surface area contributed by atoms with Gasteiger partial charge in [-0.05, 0) is 25.5 Å². The average Bonchev–Trinajstić information content (AvgIpc) is 2.51. The molecule has 1 aromatic rings. The van der Waals surface area contributed by atoms with Crippen LogP contribution >= 0.6 is 0 Å². The number of benzene rings is 1. The lowest BCUT2D eigenvalue weighted by Gasteiger charge is -2.14. The zero-order valence-corrected chi connectivity index (χ0v) is 13.2. The van der Waals surface area contributed by atoms with Crippen molar-refractivity contribution in [1.82, 2.24) is 5.32 Å². The lowest BCUT2D eigenvalue weighted by molar-refractivity contribution is -0.138. The number of nitrogens with one attached hydrogen (secondary N) is 1. The van der Waals surface area contributed by atoms with E-state index >= 15 is 0 Å². The van der Waals surface area contributed by atoms with E-state index in [9.17, 15) is 9.59 Å². The lowest BCUT2D eigenvalue weighted by Crippen LogP contribution is -2.38. The molecular formula is C16H23NO5. The van der Waals surface area contributed by atoms with Crippen LogP contribution in [0.2, 0.25) is 0 Å². The second-order valence-electron chi connectivity index (χ2n) is 4.95. The highest BCUT2D eigenvalue weighted by Gasteiger charge is 2.19. The fourth-order valence-electron chi connectivity index (χ4n) is 1.81. The maximum absolute atomic E-state index is 12.2. The Morgan fingerprint density at radius 3 is 2.64 bits per heavy atom. The Bertz CT molecular complexity index is 515. The molecule has 1 unspecified atom stereocenters. The largest absolute Gasteiger partial charge is 0.497 e. The predicted octanol–water partition coefficient (Wildman–Crippen LogP) is 2.47. The molecule has 1 aromatic carbocycles. The van der Waals surface area contributed by atoms with Crippen molar-refractivity contribution in [3.8, 4) is 11.5 Å². The van der Waals surface area contributed by atoms with E-state index in [2.05, 4.69) is 12.2 Å². The summed E-state index contributed by atoms with van der Waals surface area (Å²) in [6.45, 7) is 4.00. The minimum atomic E-state index is -1.09. The molecule has 0 radical (unpaired) electrons. The summed E-state index contributed by atoms with van der Waals surface area (Å²) in [5, 5.41) is 11.3. The van der Waals surface area contributed by atoms with E-state index in [1.807, 2.05) is 0 Å². The van der Waals surface area contributed by atoms with Crippen molar-refractivity contribution in [2.75, 3.05) is 13.7 Å². The number of ether oxygens (including phenoxy) is 2. The van der Waals surface area contributed by atoms with Gasteiger partial charge >= 0.3 is 5.97 Å². The normalized spacial score (nSPS) is 11.6. The van der Waals surface area contributed by atoms with E-state index in [0.717, 1.165) is 19.3 Å². The molecule has 0 aromatic heterocycles. The molecule has 2 N–H and O–H groups in total. The number of rotatable bonds is 9. The van der Waals surface area contributed by atoms with Crippen molar-refractivity contribution in [2.24, 2.45) is 0 Å². The third-order valence-corrected chi connectivity index (χ3v) is 3.16. The van der Waals surface area contributed by atoms with Gasteiger partial charge in [0.15, 0.2) is 0 Å². The summed E-state index contributed by atoms with van der Waals surface area (Å²) in [5.41, 5.74) is 0.297. The number of carboxylic acids is 1. The third kappa shape index (κ3) is 5.27. The maximum atomic E-state index is 12.2. The van der Waals surface area contributed by atoms with Crippen molar-refractivity contribution in [3.63, 3.8) is 0 Å². The van der Waals surface area contributed by atoms with Gasteiger partial charge in [0.1, 0.15) is 17.5 Å². The van der Waals surface area contributed by atoms with Gasteiger partial charge in [-0.25, -0.2) is 0 Å². The predicted molar refractivity (Wildman–Crippen MR) is 82.6 cm³/mol. The van der Waals surface area contributed by atoms with Crippen molar-refractivity contribution >= 4 is 11.9 Å². The first-order valence-corrected chi connectivity index (χ1v) is 7.34. The molecule has 0 aliphatic rings. The molecule has 0 bridgehead atoms. The molecule has 0 saturated carbocycles. The summed E-state index contributed by atoms with van der Waals surface area (Å²) >= 11 is 0. The summed E-state index contributed by atoms with van der Waals surface area (Å²) in [4.78, 5) is 23.0. The van der Waals surface area contributed by atoms with Crippen LogP contribution in [0.4, 0.5) is 0 Å². The van der Waals surface area contributed by atoms with Crippen LogP contribution in [-0.2, 0) is 4.79 Å². The average molecular weight is 309 g/mol. The van der Waals surface area contributed by atoms with Crippen molar-refractivity contribution in [3.05, 3.63) is 23.8 Å². The fraction of sp³-hybridized carbons (Fsp3) is 0.500. The highest BCUT2D eigenvalue weighted by molar-refractivity contribution is 5.99. The molecule has 1 amide bonds. The Morgan fingerprint density at radius 2 is 2.05 bits per heavy atom. The lowest BCUT2D eigenvalue weighted by atomic mass is 10.1. The molecule has 0 spiro atoms. The number of carboxylic acid groups (broad SMARTS) is 1. The summed E-state index contributed by atoms with van der Waals surface area (Å²) in [5.74, 6) is -0.603. The molecule has 1 rings (SSSR count). The molecule has 6 nitrogen and oxygen atoms in total. The van der Waals surface area contributed by atoms with Gasteiger partial charge < -0.3 is 19.9 Å².